The van der Waals surface area contributed by atoms with Crippen LogP contribution < -0.4 is 4.90 Å². The van der Waals surface area contributed by atoms with Crippen molar-refractivity contribution in [1.29, 1.82) is 0 Å². The number of nitrogens with zero attached hydrogens (tertiary/aromatic N) is 2. The van der Waals surface area contributed by atoms with Crippen molar-refractivity contribution in [2.75, 3.05) is 4.90 Å². The highest BCUT2D eigenvalue weighted by Crippen LogP contribution is 2.64. The van der Waals surface area contributed by atoms with E-state index in [-0.39, 0.29) is 17.2 Å². The third-order valence-corrected chi connectivity index (χ3v) is 7.74. The minimum absolute atomic E-state index is 0.0498. The molecule has 3 aromatic rings. The molecule has 0 N–H and O–H groups in total. The number of imide groups is 1. The predicted molar refractivity (Wildman–Crippen MR) is 123 cm³/mol. The summed E-state index contributed by atoms with van der Waals surface area (Å²) in [5, 5.41) is 11.8. The summed E-state index contributed by atoms with van der Waals surface area (Å²) in [5.41, 5.74) is 2.17. The fraction of sp³-hybridized carbons (Fsp3) is 0.222. The molecule has 1 heterocycles. The van der Waals surface area contributed by atoms with Gasteiger partial charge in [0.2, 0.25) is 11.8 Å². The number of anilines is 1. The Morgan fingerprint density at radius 3 is 2.09 bits per heavy atom. The van der Waals surface area contributed by atoms with Crippen LogP contribution in [0.5, 0.6) is 0 Å². The van der Waals surface area contributed by atoms with Gasteiger partial charge in [0.25, 0.3) is 5.69 Å². The molecule has 2 bridgehead atoms. The third-order valence-electron chi connectivity index (χ3n) is 7.74. The van der Waals surface area contributed by atoms with Crippen LogP contribution >= 0.6 is 0 Å². The molecule has 0 unspecified atom stereocenters. The van der Waals surface area contributed by atoms with Crippen LogP contribution in [0, 0.1) is 28.9 Å². The second kappa shape index (κ2) is 6.70. The van der Waals surface area contributed by atoms with Crippen LogP contribution in [0.3, 0.4) is 0 Å². The first-order valence-electron chi connectivity index (χ1n) is 11.1. The second-order valence-corrected chi connectivity index (χ2v) is 9.28. The second-order valence-electron chi connectivity index (χ2n) is 9.28. The number of aryl methyl sites for hydroxylation is 1. The van der Waals surface area contributed by atoms with Gasteiger partial charge in [-0.25, -0.2) is 4.90 Å². The lowest BCUT2D eigenvalue weighted by Crippen LogP contribution is -2.57. The highest BCUT2D eigenvalue weighted by atomic mass is 16.6. The maximum absolute atomic E-state index is 14.1. The van der Waals surface area contributed by atoms with E-state index in [2.05, 4.69) is 0 Å². The summed E-state index contributed by atoms with van der Waals surface area (Å²) >= 11 is 0. The highest BCUT2D eigenvalue weighted by molar-refractivity contribution is 6.26. The molecule has 0 saturated carbocycles. The van der Waals surface area contributed by atoms with Gasteiger partial charge in [0.1, 0.15) is 11.5 Å². The first kappa shape index (κ1) is 20.5. The fourth-order valence-electron chi connectivity index (χ4n) is 6.58. The maximum Gasteiger partial charge on any atom is 0.293 e. The smallest absolute Gasteiger partial charge is 0.293 e. The Hall–Kier alpha value is -4.13. The zero-order valence-electron chi connectivity index (χ0n) is 18.5. The standard InChI is InChI=1S/C27H20N2O5/c1-14-11-12-20(21(13-14)29(33)34)28-25(31)23-22-16-7-3-5-9-18(16)27(15(2)30,24(23)26(28)32)19-10-6-4-8-17(19)22/h3-13,22-24H,1-2H3/t22?,23-,24-,27?/m0/s1. The molecule has 3 aromatic carbocycles. The van der Waals surface area contributed by atoms with Gasteiger partial charge in [-0.2, -0.15) is 0 Å². The Bertz CT molecular complexity index is 1410. The molecule has 3 aliphatic carbocycles. The Morgan fingerprint density at radius 1 is 0.941 bits per heavy atom. The minimum atomic E-state index is -1.33. The summed E-state index contributed by atoms with van der Waals surface area (Å²) in [6.45, 7) is 3.17. The number of hydrogen-bond donors (Lipinski definition) is 0. The topological polar surface area (TPSA) is 97.6 Å². The summed E-state index contributed by atoms with van der Waals surface area (Å²) in [7, 11) is 0. The number of ketones is 1. The first-order valence-corrected chi connectivity index (χ1v) is 11.1. The lowest BCUT2D eigenvalue weighted by atomic mass is 9.46. The van der Waals surface area contributed by atoms with E-state index in [0.717, 1.165) is 27.2 Å². The number of carbonyl (C=O) groups excluding carboxylic acids is 3. The van der Waals surface area contributed by atoms with Crippen molar-refractivity contribution in [3.8, 4) is 0 Å². The van der Waals surface area contributed by atoms with E-state index in [9.17, 15) is 24.5 Å². The van der Waals surface area contributed by atoms with Crippen LogP contribution in [0.25, 0.3) is 0 Å². The lowest BCUT2D eigenvalue weighted by molar-refractivity contribution is -0.384. The number of benzene rings is 3. The number of amides is 2. The van der Waals surface area contributed by atoms with Gasteiger partial charge in [-0.05, 0) is 47.7 Å². The molecule has 1 aliphatic heterocycles. The minimum Gasteiger partial charge on any atom is -0.299 e. The van der Waals surface area contributed by atoms with Crippen molar-refractivity contribution in [3.05, 3.63) is 105 Å². The van der Waals surface area contributed by atoms with Crippen LogP contribution in [0.4, 0.5) is 11.4 Å². The van der Waals surface area contributed by atoms with Gasteiger partial charge in [-0.3, -0.25) is 24.5 Å². The number of Topliss-reactive ketones (excluding diaryl/α,β-unsaturated/α-hetero) is 1. The van der Waals surface area contributed by atoms with Gasteiger partial charge in [0.05, 0.1) is 22.2 Å². The lowest BCUT2D eigenvalue weighted by Gasteiger charge is -2.52. The molecular formula is C27H20N2O5. The van der Waals surface area contributed by atoms with Crippen LogP contribution in [0.1, 0.15) is 40.7 Å². The van der Waals surface area contributed by atoms with Gasteiger partial charge >= 0.3 is 0 Å². The molecule has 168 valence electrons. The van der Waals surface area contributed by atoms with Crippen LogP contribution in [-0.4, -0.2) is 22.5 Å². The SMILES string of the molecule is CC(=O)C12c3ccccc3C(c3ccccc31)[C@@H]1C(=O)N(c3ccc(C)cc3[N+](=O)[O-])C(=O)[C@H]12. The van der Waals surface area contributed by atoms with Gasteiger partial charge < -0.3 is 0 Å². The van der Waals surface area contributed by atoms with E-state index < -0.39 is 39.9 Å². The zero-order valence-corrected chi connectivity index (χ0v) is 18.5. The van der Waals surface area contributed by atoms with Gasteiger partial charge in [0, 0.05) is 12.0 Å². The molecule has 7 rings (SSSR count). The van der Waals surface area contributed by atoms with Crippen molar-refractivity contribution in [2.24, 2.45) is 11.8 Å². The van der Waals surface area contributed by atoms with E-state index in [1.54, 1.807) is 13.0 Å². The van der Waals surface area contributed by atoms with E-state index in [1.165, 1.54) is 19.1 Å². The monoisotopic (exact) mass is 452 g/mol. The molecule has 1 saturated heterocycles. The summed E-state index contributed by atoms with van der Waals surface area (Å²) in [6, 6.07) is 19.4. The Balaban J connectivity index is 1.66. The molecule has 7 nitrogen and oxygen atoms in total. The summed E-state index contributed by atoms with van der Waals surface area (Å²) in [5.74, 6) is -3.48. The molecule has 7 heteroatoms. The molecule has 0 spiro atoms. The molecule has 2 atom stereocenters. The molecule has 0 radical (unpaired) electrons. The van der Waals surface area contributed by atoms with E-state index in [4.69, 9.17) is 0 Å². The van der Waals surface area contributed by atoms with E-state index in [1.807, 2.05) is 48.5 Å². The van der Waals surface area contributed by atoms with Crippen molar-refractivity contribution >= 4 is 29.0 Å². The van der Waals surface area contributed by atoms with Crippen molar-refractivity contribution in [3.63, 3.8) is 0 Å². The molecule has 2 amide bonds. The quantitative estimate of drug-likeness (QED) is 0.339. The van der Waals surface area contributed by atoms with Gasteiger partial charge in [-0.1, -0.05) is 54.6 Å². The summed E-state index contributed by atoms with van der Waals surface area (Å²) in [6.07, 6.45) is 0. The number of carbonyl (C=O) groups is 3. The molecule has 34 heavy (non-hydrogen) atoms. The molecular weight excluding hydrogens is 432 g/mol. The summed E-state index contributed by atoms with van der Waals surface area (Å²) in [4.78, 5) is 53.8. The van der Waals surface area contributed by atoms with Gasteiger partial charge in [-0.15, -0.1) is 0 Å². The average molecular weight is 452 g/mol. The predicted octanol–water partition coefficient (Wildman–Crippen LogP) is 4.04. The van der Waals surface area contributed by atoms with Crippen molar-refractivity contribution in [1.82, 2.24) is 0 Å². The first-order chi connectivity index (χ1) is 16.3. The molecule has 1 fully saturated rings. The Morgan fingerprint density at radius 2 is 1.53 bits per heavy atom. The van der Waals surface area contributed by atoms with Crippen LogP contribution in [0.2, 0.25) is 0 Å². The normalized spacial score (nSPS) is 26.2. The zero-order chi connectivity index (χ0) is 23.9. The molecule has 0 aromatic heterocycles. The fourth-order valence-corrected chi connectivity index (χ4v) is 6.58. The maximum atomic E-state index is 14.1. The summed E-state index contributed by atoms with van der Waals surface area (Å²) < 4.78 is 0. The van der Waals surface area contributed by atoms with Crippen LogP contribution in [0.15, 0.2) is 66.7 Å². The van der Waals surface area contributed by atoms with Gasteiger partial charge in [0.15, 0.2) is 0 Å². The van der Waals surface area contributed by atoms with E-state index >= 15 is 0 Å². The Kier molecular flexibility index (Phi) is 4.03. The van der Waals surface area contributed by atoms with Crippen molar-refractivity contribution in [2.45, 2.75) is 25.2 Å². The molecule has 4 aliphatic rings. The van der Waals surface area contributed by atoms with Crippen molar-refractivity contribution < 1.29 is 19.3 Å². The number of rotatable bonds is 3. The third kappa shape index (κ3) is 2.24. The number of nitro groups is 1. The average Bonchev–Trinajstić information content (AvgIpc) is 3.09. The largest absolute Gasteiger partial charge is 0.299 e. The van der Waals surface area contributed by atoms with Crippen LogP contribution in [-0.2, 0) is 19.8 Å². The van der Waals surface area contributed by atoms with E-state index in [0.29, 0.717) is 5.56 Å². The number of nitro benzene ring substituents is 1. The number of hydrogen-bond acceptors (Lipinski definition) is 5. The highest BCUT2D eigenvalue weighted by Gasteiger charge is 2.70. The Labute approximate surface area is 195 Å².